The van der Waals surface area contributed by atoms with E-state index in [0.29, 0.717) is 0 Å². The van der Waals surface area contributed by atoms with Crippen molar-refractivity contribution in [1.29, 1.82) is 0 Å². The summed E-state index contributed by atoms with van der Waals surface area (Å²) in [7, 11) is 0. The fourth-order valence-electron chi connectivity index (χ4n) is 1.91. The van der Waals surface area contributed by atoms with Crippen molar-refractivity contribution in [1.82, 2.24) is 0 Å². The van der Waals surface area contributed by atoms with E-state index in [4.69, 9.17) is 4.74 Å². The zero-order valence-electron chi connectivity index (χ0n) is 10.8. The Morgan fingerprint density at radius 1 is 1.35 bits per heavy atom. The third-order valence-electron chi connectivity index (χ3n) is 2.58. The van der Waals surface area contributed by atoms with Crippen LogP contribution < -0.4 is 4.74 Å². The second kappa shape index (κ2) is 3.78. The van der Waals surface area contributed by atoms with Crippen molar-refractivity contribution in [2.75, 3.05) is 0 Å². The van der Waals surface area contributed by atoms with E-state index in [-0.39, 0.29) is 5.60 Å². The van der Waals surface area contributed by atoms with Crippen LogP contribution in [0.1, 0.15) is 38.8 Å². The predicted molar refractivity (Wildman–Crippen MR) is 68.0 cm³/mol. The molecule has 0 spiro atoms. The fourth-order valence-corrected chi connectivity index (χ4v) is 1.91. The van der Waals surface area contributed by atoms with Gasteiger partial charge < -0.3 is 9.84 Å². The maximum absolute atomic E-state index is 9.56. The number of ether oxygens (including phenoxy) is 1. The monoisotopic (exact) mass is 230 g/mol. The van der Waals surface area contributed by atoms with Crippen molar-refractivity contribution >= 4 is 0 Å². The van der Waals surface area contributed by atoms with E-state index in [1.807, 2.05) is 18.2 Å². The first-order valence-corrected chi connectivity index (χ1v) is 5.83. The van der Waals surface area contributed by atoms with Crippen molar-refractivity contribution in [3.05, 3.63) is 29.3 Å². The molecule has 1 aliphatic rings. The second-order valence-electron chi connectivity index (χ2n) is 5.67. The summed E-state index contributed by atoms with van der Waals surface area (Å²) in [5.41, 5.74) is 1.05. The lowest BCUT2D eigenvalue weighted by Crippen LogP contribution is -2.24. The van der Waals surface area contributed by atoms with Crippen LogP contribution in [0, 0.1) is 11.8 Å². The summed E-state index contributed by atoms with van der Waals surface area (Å²) in [6.45, 7) is 7.52. The minimum Gasteiger partial charge on any atom is -0.487 e. The Labute approximate surface area is 103 Å². The van der Waals surface area contributed by atoms with Crippen LogP contribution in [0.5, 0.6) is 5.75 Å². The summed E-state index contributed by atoms with van der Waals surface area (Å²) < 4.78 is 5.80. The largest absolute Gasteiger partial charge is 0.487 e. The summed E-state index contributed by atoms with van der Waals surface area (Å²) in [4.78, 5) is 0. The number of benzene rings is 1. The summed E-state index contributed by atoms with van der Waals surface area (Å²) in [6.07, 6.45) is 0.903. The summed E-state index contributed by atoms with van der Waals surface area (Å²) in [5, 5.41) is 9.56. The highest BCUT2D eigenvalue weighted by Crippen LogP contribution is 2.34. The molecule has 0 saturated carbocycles. The Kier molecular flexibility index (Phi) is 2.67. The standard InChI is InChI=1S/C15H18O2/c1-14(2,16)8-7-11-5-6-13-12(9-11)10-15(3,4)17-13/h5-6,9,16H,10H2,1-4H3. The minimum atomic E-state index is -0.950. The van der Waals surface area contributed by atoms with Crippen LogP contribution in [0.25, 0.3) is 0 Å². The van der Waals surface area contributed by atoms with Gasteiger partial charge in [0.15, 0.2) is 0 Å². The van der Waals surface area contributed by atoms with Crippen LogP contribution in [0.4, 0.5) is 0 Å². The molecular weight excluding hydrogens is 212 g/mol. The normalized spacial score (nSPS) is 16.8. The Morgan fingerprint density at radius 3 is 2.71 bits per heavy atom. The molecule has 0 atom stereocenters. The molecule has 1 N–H and O–H groups in total. The first-order chi connectivity index (χ1) is 7.75. The predicted octanol–water partition coefficient (Wildman–Crippen LogP) is 2.52. The summed E-state index contributed by atoms with van der Waals surface area (Å²) >= 11 is 0. The molecule has 90 valence electrons. The van der Waals surface area contributed by atoms with Gasteiger partial charge in [0.05, 0.1) is 0 Å². The van der Waals surface area contributed by atoms with Crippen LogP contribution >= 0.6 is 0 Å². The lowest BCUT2D eigenvalue weighted by atomic mass is 10.00. The van der Waals surface area contributed by atoms with Gasteiger partial charge in [-0.2, -0.15) is 0 Å². The zero-order chi connectivity index (χ0) is 12.7. The van der Waals surface area contributed by atoms with Gasteiger partial charge in [0, 0.05) is 12.0 Å². The van der Waals surface area contributed by atoms with Gasteiger partial charge in [0.2, 0.25) is 0 Å². The van der Waals surface area contributed by atoms with E-state index in [9.17, 15) is 5.11 Å². The third-order valence-corrected chi connectivity index (χ3v) is 2.58. The molecule has 0 fully saturated rings. The zero-order valence-corrected chi connectivity index (χ0v) is 10.8. The molecule has 0 aromatic heterocycles. The van der Waals surface area contributed by atoms with E-state index in [2.05, 4.69) is 25.7 Å². The molecule has 2 rings (SSSR count). The molecule has 17 heavy (non-hydrogen) atoms. The van der Waals surface area contributed by atoms with Gasteiger partial charge in [0.1, 0.15) is 17.0 Å². The molecule has 2 nitrogen and oxygen atoms in total. The van der Waals surface area contributed by atoms with Crippen molar-refractivity contribution in [3.8, 4) is 17.6 Å². The first-order valence-electron chi connectivity index (χ1n) is 5.83. The lowest BCUT2D eigenvalue weighted by molar-refractivity contribution is 0.138. The van der Waals surface area contributed by atoms with Crippen LogP contribution in [-0.4, -0.2) is 16.3 Å². The molecule has 0 bridgehead atoms. The number of hydrogen-bond acceptors (Lipinski definition) is 2. The highest BCUT2D eigenvalue weighted by atomic mass is 16.5. The van der Waals surface area contributed by atoms with Gasteiger partial charge in [-0.25, -0.2) is 0 Å². The van der Waals surface area contributed by atoms with Crippen LogP contribution in [-0.2, 0) is 6.42 Å². The fraction of sp³-hybridized carbons (Fsp3) is 0.467. The second-order valence-corrected chi connectivity index (χ2v) is 5.67. The van der Waals surface area contributed by atoms with Gasteiger partial charge in [-0.05, 0) is 51.5 Å². The summed E-state index contributed by atoms with van der Waals surface area (Å²) in [5.74, 6) is 6.75. The lowest BCUT2D eigenvalue weighted by Gasteiger charge is -2.16. The molecule has 1 heterocycles. The van der Waals surface area contributed by atoms with Crippen LogP contribution in [0.2, 0.25) is 0 Å². The van der Waals surface area contributed by atoms with Crippen molar-refractivity contribution in [3.63, 3.8) is 0 Å². The SMILES string of the molecule is CC(C)(O)C#Cc1ccc2c(c1)CC(C)(C)O2. The van der Waals surface area contributed by atoms with E-state index in [1.165, 1.54) is 5.56 Å². The highest BCUT2D eigenvalue weighted by molar-refractivity contribution is 5.47. The molecule has 0 aliphatic carbocycles. The topological polar surface area (TPSA) is 29.5 Å². The molecule has 0 amide bonds. The van der Waals surface area contributed by atoms with Crippen molar-refractivity contribution in [2.45, 2.75) is 45.3 Å². The van der Waals surface area contributed by atoms with Crippen molar-refractivity contribution < 1.29 is 9.84 Å². The molecule has 0 saturated heterocycles. The van der Waals surface area contributed by atoms with Gasteiger partial charge in [-0.1, -0.05) is 11.8 Å². The Hall–Kier alpha value is -1.46. The maximum atomic E-state index is 9.56. The summed E-state index contributed by atoms with van der Waals surface area (Å²) in [6, 6.07) is 5.93. The minimum absolute atomic E-state index is 0.120. The third kappa shape index (κ3) is 3.01. The molecule has 0 radical (unpaired) electrons. The van der Waals surface area contributed by atoms with Gasteiger partial charge in [-0.3, -0.25) is 0 Å². The highest BCUT2D eigenvalue weighted by Gasteiger charge is 2.29. The quantitative estimate of drug-likeness (QED) is 0.694. The molecule has 1 aliphatic heterocycles. The van der Waals surface area contributed by atoms with E-state index in [1.54, 1.807) is 13.8 Å². The van der Waals surface area contributed by atoms with E-state index in [0.717, 1.165) is 17.7 Å². The smallest absolute Gasteiger partial charge is 0.123 e. The Balaban J connectivity index is 2.28. The van der Waals surface area contributed by atoms with E-state index < -0.39 is 5.60 Å². The van der Waals surface area contributed by atoms with Crippen LogP contribution in [0.3, 0.4) is 0 Å². The number of hydrogen-bond donors (Lipinski definition) is 1. The van der Waals surface area contributed by atoms with Gasteiger partial charge in [-0.15, -0.1) is 0 Å². The molecule has 1 aromatic rings. The number of aliphatic hydroxyl groups is 1. The molecule has 0 unspecified atom stereocenters. The van der Waals surface area contributed by atoms with Gasteiger partial charge in [0.25, 0.3) is 0 Å². The average Bonchev–Trinajstić information content (AvgIpc) is 2.46. The average molecular weight is 230 g/mol. The van der Waals surface area contributed by atoms with Crippen LogP contribution in [0.15, 0.2) is 18.2 Å². The molecule has 1 aromatic carbocycles. The Morgan fingerprint density at radius 2 is 2.06 bits per heavy atom. The number of fused-ring (bicyclic) bond motifs is 1. The molecular formula is C15H18O2. The van der Waals surface area contributed by atoms with E-state index >= 15 is 0 Å². The number of rotatable bonds is 0. The Bertz CT molecular complexity index is 496. The maximum Gasteiger partial charge on any atom is 0.123 e. The van der Waals surface area contributed by atoms with Gasteiger partial charge >= 0.3 is 0 Å². The van der Waals surface area contributed by atoms with Crippen molar-refractivity contribution in [2.24, 2.45) is 0 Å². The molecule has 2 heteroatoms. The first kappa shape index (κ1) is 12.0.